The highest BCUT2D eigenvalue weighted by Gasteiger charge is 2.37. The third kappa shape index (κ3) is 3.51. The summed E-state index contributed by atoms with van der Waals surface area (Å²) in [5.74, 6) is -0.336. The minimum absolute atomic E-state index is 0.156. The molecule has 2 nitrogen and oxygen atoms in total. The standard InChI is InChI=1S/C17H14Br2O2/c1-2-11-17(21,13-5-9-15(19)10-6-13)16(20)12-3-7-14(18)8-4-12/h2-10,21H,1,11H2. The summed E-state index contributed by atoms with van der Waals surface area (Å²) in [6, 6.07) is 14.0. The maximum Gasteiger partial charge on any atom is 0.199 e. The van der Waals surface area contributed by atoms with Crippen LogP contribution in [0.15, 0.2) is 70.1 Å². The normalized spacial score (nSPS) is 13.5. The van der Waals surface area contributed by atoms with Crippen LogP contribution in [0.25, 0.3) is 0 Å². The Morgan fingerprint density at radius 2 is 1.52 bits per heavy atom. The van der Waals surface area contributed by atoms with Crippen molar-refractivity contribution in [2.75, 3.05) is 0 Å². The number of hydrogen-bond donors (Lipinski definition) is 1. The number of carbonyl (C=O) groups is 1. The average molecular weight is 410 g/mol. The van der Waals surface area contributed by atoms with Gasteiger partial charge in [0, 0.05) is 20.9 Å². The largest absolute Gasteiger partial charge is 0.377 e. The van der Waals surface area contributed by atoms with E-state index >= 15 is 0 Å². The van der Waals surface area contributed by atoms with Gasteiger partial charge in [0.15, 0.2) is 11.4 Å². The van der Waals surface area contributed by atoms with Crippen LogP contribution in [0.5, 0.6) is 0 Å². The lowest BCUT2D eigenvalue weighted by molar-refractivity contribution is 0.0313. The van der Waals surface area contributed by atoms with Gasteiger partial charge in [0.1, 0.15) is 0 Å². The zero-order chi connectivity index (χ0) is 15.5. The number of benzene rings is 2. The monoisotopic (exact) mass is 408 g/mol. The Kier molecular flexibility index (Phi) is 5.14. The second kappa shape index (κ2) is 6.69. The van der Waals surface area contributed by atoms with Crippen LogP contribution in [0, 0.1) is 0 Å². The molecular formula is C17H14Br2O2. The lowest BCUT2D eigenvalue weighted by Gasteiger charge is -2.26. The van der Waals surface area contributed by atoms with Gasteiger partial charge in [-0.1, -0.05) is 62.2 Å². The smallest absolute Gasteiger partial charge is 0.199 e. The Bertz CT molecular complexity index is 647. The number of aliphatic hydroxyl groups is 1. The van der Waals surface area contributed by atoms with Crippen LogP contribution in [-0.2, 0) is 5.60 Å². The summed E-state index contributed by atoms with van der Waals surface area (Å²) in [5, 5.41) is 10.9. The molecule has 0 aromatic heterocycles. The van der Waals surface area contributed by atoms with Crippen LogP contribution in [0.2, 0.25) is 0 Å². The molecule has 1 unspecified atom stereocenters. The molecule has 4 heteroatoms. The molecule has 2 rings (SSSR count). The van der Waals surface area contributed by atoms with Crippen molar-refractivity contribution in [2.24, 2.45) is 0 Å². The van der Waals surface area contributed by atoms with Crippen molar-refractivity contribution < 1.29 is 9.90 Å². The van der Waals surface area contributed by atoms with E-state index < -0.39 is 5.60 Å². The summed E-state index contributed by atoms with van der Waals surface area (Å²) in [7, 11) is 0. The van der Waals surface area contributed by atoms with Crippen molar-refractivity contribution in [1.82, 2.24) is 0 Å². The van der Waals surface area contributed by atoms with E-state index in [9.17, 15) is 9.90 Å². The fourth-order valence-electron chi connectivity index (χ4n) is 2.12. The van der Waals surface area contributed by atoms with Crippen molar-refractivity contribution >= 4 is 37.6 Å². The third-order valence-electron chi connectivity index (χ3n) is 3.24. The molecule has 0 radical (unpaired) electrons. The summed E-state index contributed by atoms with van der Waals surface area (Å²) in [6.45, 7) is 3.65. The molecule has 2 aromatic carbocycles. The first-order valence-corrected chi connectivity index (χ1v) is 7.95. The highest BCUT2D eigenvalue weighted by Crippen LogP contribution is 2.31. The number of carbonyl (C=O) groups excluding carboxylic acids is 1. The van der Waals surface area contributed by atoms with Crippen LogP contribution >= 0.6 is 31.9 Å². The molecule has 0 fully saturated rings. The predicted molar refractivity (Wildman–Crippen MR) is 91.3 cm³/mol. The number of halogens is 2. The van der Waals surface area contributed by atoms with Crippen molar-refractivity contribution in [3.05, 3.63) is 81.3 Å². The number of ketones is 1. The maximum atomic E-state index is 12.7. The van der Waals surface area contributed by atoms with Crippen LogP contribution in [0.4, 0.5) is 0 Å². The molecule has 0 saturated carbocycles. The maximum absolute atomic E-state index is 12.7. The van der Waals surface area contributed by atoms with Crippen molar-refractivity contribution in [3.8, 4) is 0 Å². The second-order valence-corrected chi connectivity index (χ2v) is 6.53. The van der Waals surface area contributed by atoms with Gasteiger partial charge in [-0.15, -0.1) is 6.58 Å². The first-order valence-electron chi connectivity index (χ1n) is 6.37. The molecule has 108 valence electrons. The first-order chi connectivity index (χ1) is 9.97. The van der Waals surface area contributed by atoms with Gasteiger partial charge in [0.05, 0.1) is 0 Å². The lowest BCUT2D eigenvalue weighted by Crippen LogP contribution is -2.35. The van der Waals surface area contributed by atoms with Gasteiger partial charge in [0.25, 0.3) is 0 Å². The van der Waals surface area contributed by atoms with Crippen LogP contribution in [0.1, 0.15) is 22.3 Å². The number of rotatable bonds is 5. The van der Waals surface area contributed by atoms with Gasteiger partial charge < -0.3 is 5.11 Å². The van der Waals surface area contributed by atoms with E-state index in [0.29, 0.717) is 11.1 Å². The molecule has 2 aromatic rings. The Hall–Kier alpha value is -1.23. The van der Waals surface area contributed by atoms with E-state index in [0.717, 1.165) is 8.95 Å². The summed E-state index contributed by atoms with van der Waals surface area (Å²) in [6.07, 6.45) is 1.71. The molecule has 1 atom stereocenters. The molecule has 0 aliphatic heterocycles. The highest BCUT2D eigenvalue weighted by atomic mass is 79.9. The fraction of sp³-hybridized carbons (Fsp3) is 0.118. The zero-order valence-corrected chi connectivity index (χ0v) is 14.4. The Balaban J connectivity index is 2.45. The van der Waals surface area contributed by atoms with Crippen LogP contribution < -0.4 is 0 Å². The molecule has 0 bridgehead atoms. The summed E-state index contributed by atoms with van der Waals surface area (Å²) in [4.78, 5) is 12.7. The topological polar surface area (TPSA) is 37.3 Å². The summed E-state index contributed by atoms with van der Waals surface area (Å²) in [5.41, 5.74) is -0.583. The number of hydrogen-bond acceptors (Lipinski definition) is 2. The molecule has 0 spiro atoms. The Morgan fingerprint density at radius 3 is 2.00 bits per heavy atom. The average Bonchev–Trinajstić information content (AvgIpc) is 2.48. The minimum Gasteiger partial charge on any atom is -0.377 e. The predicted octanol–water partition coefficient (Wildman–Crippen LogP) is 4.86. The zero-order valence-electron chi connectivity index (χ0n) is 11.2. The van der Waals surface area contributed by atoms with Gasteiger partial charge in [-0.25, -0.2) is 0 Å². The molecule has 21 heavy (non-hydrogen) atoms. The lowest BCUT2D eigenvalue weighted by atomic mass is 9.83. The molecular weight excluding hydrogens is 396 g/mol. The SMILES string of the molecule is C=CCC(O)(C(=O)c1ccc(Br)cc1)c1ccc(Br)cc1. The van der Waals surface area contributed by atoms with E-state index in [4.69, 9.17) is 0 Å². The van der Waals surface area contributed by atoms with Gasteiger partial charge in [-0.2, -0.15) is 0 Å². The fourth-order valence-corrected chi connectivity index (χ4v) is 2.64. The second-order valence-electron chi connectivity index (χ2n) is 4.70. The van der Waals surface area contributed by atoms with Crippen LogP contribution in [-0.4, -0.2) is 10.9 Å². The quantitative estimate of drug-likeness (QED) is 0.565. The Morgan fingerprint density at radius 1 is 1.05 bits per heavy atom. The van der Waals surface area contributed by atoms with Crippen molar-refractivity contribution in [2.45, 2.75) is 12.0 Å². The van der Waals surface area contributed by atoms with Gasteiger partial charge >= 0.3 is 0 Å². The molecule has 0 heterocycles. The van der Waals surface area contributed by atoms with Gasteiger partial charge in [-0.3, -0.25) is 4.79 Å². The van der Waals surface area contributed by atoms with Gasteiger partial charge in [-0.05, 0) is 29.8 Å². The molecule has 0 aliphatic carbocycles. The van der Waals surface area contributed by atoms with Crippen LogP contribution in [0.3, 0.4) is 0 Å². The minimum atomic E-state index is -1.60. The third-order valence-corrected chi connectivity index (χ3v) is 4.30. The van der Waals surface area contributed by atoms with E-state index in [-0.39, 0.29) is 12.2 Å². The summed E-state index contributed by atoms with van der Waals surface area (Å²) < 4.78 is 1.78. The van der Waals surface area contributed by atoms with E-state index in [2.05, 4.69) is 38.4 Å². The molecule has 0 saturated heterocycles. The Labute approximate surface area is 140 Å². The van der Waals surface area contributed by atoms with Crippen molar-refractivity contribution in [1.29, 1.82) is 0 Å². The van der Waals surface area contributed by atoms with E-state index in [1.165, 1.54) is 0 Å². The molecule has 1 N–H and O–H groups in total. The van der Waals surface area contributed by atoms with E-state index in [1.807, 2.05) is 0 Å². The highest BCUT2D eigenvalue weighted by molar-refractivity contribution is 9.10. The first kappa shape index (κ1) is 16.1. The van der Waals surface area contributed by atoms with E-state index in [1.54, 1.807) is 54.6 Å². The number of Topliss-reactive ketones (excluding diaryl/α,β-unsaturated/α-hetero) is 1. The summed E-state index contributed by atoms with van der Waals surface area (Å²) >= 11 is 6.68. The van der Waals surface area contributed by atoms with Crippen molar-refractivity contribution in [3.63, 3.8) is 0 Å². The van der Waals surface area contributed by atoms with Gasteiger partial charge in [0.2, 0.25) is 0 Å². The molecule has 0 aliphatic rings. The molecule has 0 amide bonds.